The zero-order valence-electron chi connectivity index (χ0n) is 9.30. The van der Waals surface area contributed by atoms with Gasteiger partial charge in [-0.1, -0.05) is 6.92 Å². The van der Waals surface area contributed by atoms with Crippen LogP contribution in [0.3, 0.4) is 0 Å². The van der Waals surface area contributed by atoms with Crippen LogP contribution < -0.4 is 5.32 Å². The van der Waals surface area contributed by atoms with Crippen molar-refractivity contribution in [2.45, 2.75) is 26.8 Å². The predicted octanol–water partition coefficient (Wildman–Crippen LogP) is 3.14. The molecular formula is C11H14ClN3O. The summed E-state index contributed by atoms with van der Waals surface area (Å²) in [5.74, 6) is 1.66. The van der Waals surface area contributed by atoms with Crippen LogP contribution >= 0.6 is 11.6 Å². The average molecular weight is 240 g/mol. The molecule has 4 nitrogen and oxygen atoms in total. The molecule has 2 aromatic rings. The average Bonchev–Trinajstić information content (AvgIpc) is 2.83. The highest BCUT2D eigenvalue weighted by Gasteiger charge is 2.07. The highest BCUT2D eigenvalue weighted by Crippen LogP contribution is 2.18. The molecule has 0 unspecified atom stereocenters. The summed E-state index contributed by atoms with van der Waals surface area (Å²) in [7, 11) is 0. The molecule has 0 aliphatic carbocycles. The fourth-order valence-electron chi connectivity index (χ4n) is 1.57. The summed E-state index contributed by atoms with van der Waals surface area (Å²) in [6, 6.07) is 3.57. The Labute approximate surface area is 99.0 Å². The summed E-state index contributed by atoms with van der Waals surface area (Å²) in [5.41, 5.74) is 2.31. The van der Waals surface area contributed by atoms with E-state index >= 15 is 0 Å². The van der Waals surface area contributed by atoms with Gasteiger partial charge >= 0.3 is 0 Å². The molecule has 0 aromatic carbocycles. The van der Waals surface area contributed by atoms with Gasteiger partial charge in [0.15, 0.2) is 11.0 Å². The molecule has 0 saturated heterocycles. The Morgan fingerprint density at radius 1 is 1.50 bits per heavy atom. The third kappa shape index (κ3) is 2.22. The van der Waals surface area contributed by atoms with E-state index in [-0.39, 0.29) is 0 Å². The molecule has 5 heteroatoms. The van der Waals surface area contributed by atoms with Crippen molar-refractivity contribution in [3.63, 3.8) is 0 Å². The largest absolute Gasteiger partial charge is 0.448 e. The van der Waals surface area contributed by atoms with Crippen molar-refractivity contribution in [2.75, 3.05) is 5.32 Å². The lowest BCUT2D eigenvalue weighted by atomic mass is 10.2. The van der Waals surface area contributed by atoms with E-state index in [1.807, 2.05) is 13.0 Å². The lowest BCUT2D eigenvalue weighted by Gasteiger charge is -2.01. The van der Waals surface area contributed by atoms with Crippen LogP contribution in [0.25, 0.3) is 0 Å². The van der Waals surface area contributed by atoms with Gasteiger partial charge in [0.25, 0.3) is 0 Å². The molecule has 0 amide bonds. The van der Waals surface area contributed by atoms with Gasteiger partial charge in [-0.15, -0.1) is 0 Å². The number of anilines is 1. The van der Waals surface area contributed by atoms with Gasteiger partial charge in [-0.3, -0.25) is 5.10 Å². The van der Waals surface area contributed by atoms with E-state index in [9.17, 15) is 0 Å². The van der Waals surface area contributed by atoms with Crippen LogP contribution in [0, 0.1) is 6.92 Å². The summed E-state index contributed by atoms with van der Waals surface area (Å²) in [5, 5.41) is 10.8. The minimum absolute atomic E-state index is 0.407. The van der Waals surface area contributed by atoms with E-state index < -0.39 is 0 Å². The Morgan fingerprint density at radius 3 is 2.88 bits per heavy atom. The van der Waals surface area contributed by atoms with Crippen molar-refractivity contribution < 1.29 is 4.42 Å². The number of aryl methyl sites for hydroxylation is 1. The minimum atomic E-state index is 0.407. The highest BCUT2D eigenvalue weighted by atomic mass is 35.5. The van der Waals surface area contributed by atoms with E-state index in [0.717, 1.165) is 29.3 Å². The van der Waals surface area contributed by atoms with E-state index in [4.69, 9.17) is 16.0 Å². The van der Waals surface area contributed by atoms with Crippen LogP contribution in [-0.2, 0) is 13.0 Å². The number of furan rings is 1. The molecule has 2 aromatic heterocycles. The molecule has 0 bridgehead atoms. The third-order valence-corrected chi connectivity index (χ3v) is 2.73. The molecule has 0 saturated carbocycles. The van der Waals surface area contributed by atoms with Crippen molar-refractivity contribution in [3.05, 3.63) is 34.4 Å². The topological polar surface area (TPSA) is 53.9 Å². The van der Waals surface area contributed by atoms with Gasteiger partial charge in [-0.2, -0.15) is 5.10 Å². The van der Waals surface area contributed by atoms with E-state index in [1.54, 1.807) is 6.07 Å². The quantitative estimate of drug-likeness (QED) is 0.862. The number of H-pyrrole nitrogens is 1. The normalized spacial score (nSPS) is 10.7. The number of aromatic amines is 1. The molecule has 0 radical (unpaired) electrons. The second-order valence-electron chi connectivity index (χ2n) is 3.59. The monoisotopic (exact) mass is 239 g/mol. The van der Waals surface area contributed by atoms with Gasteiger partial charge in [0.05, 0.1) is 6.54 Å². The van der Waals surface area contributed by atoms with E-state index in [0.29, 0.717) is 11.8 Å². The number of nitrogens with zero attached hydrogens (tertiary/aromatic N) is 1. The molecule has 0 aliphatic rings. The highest BCUT2D eigenvalue weighted by molar-refractivity contribution is 6.28. The SMILES string of the molecule is CCc1[nH]nc(NCc2ccc(Cl)o2)c1C. The number of hydrogen-bond acceptors (Lipinski definition) is 3. The molecule has 2 N–H and O–H groups in total. The van der Waals surface area contributed by atoms with Gasteiger partial charge < -0.3 is 9.73 Å². The number of rotatable bonds is 4. The number of nitrogens with one attached hydrogen (secondary N) is 2. The fourth-order valence-corrected chi connectivity index (χ4v) is 1.73. The lowest BCUT2D eigenvalue weighted by Crippen LogP contribution is -1.99. The zero-order chi connectivity index (χ0) is 11.5. The van der Waals surface area contributed by atoms with Crippen molar-refractivity contribution in [1.82, 2.24) is 10.2 Å². The van der Waals surface area contributed by atoms with Crippen LogP contribution in [0.1, 0.15) is 23.9 Å². The number of halogens is 1. The molecule has 0 atom stereocenters. The van der Waals surface area contributed by atoms with Gasteiger partial charge in [-0.05, 0) is 37.1 Å². The fraction of sp³-hybridized carbons (Fsp3) is 0.364. The standard InChI is InChI=1S/C11H14ClN3O/c1-3-9-7(2)11(15-14-9)13-6-8-4-5-10(12)16-8/h4-5H,3,6H2,1-2H3,(H2,13,14,15). The first-order chi connectivity index (χ1) is 7.70. The van der Waals surface area contributed by atoms with Crippen molar-refractivity contribution >= 4 is 17.4 Å². The first kappa shape index (κ1) is 11.1. The van der Waals surface area contributed by atoms with Crippen LogP contribution in [-0.4, -0.2) is 10.2 Å². The van der Waals surface area contributed by atoms with Gasteiger partial charge in [0, 0.05) is 11.3 Å². The van der Waals surface area contributed by atoms with Crippen LogP contribution in [0.2, 0.25) is 5.22 Å². The van der Waals surface area contributed by atoms with Gasteiger partial charge in [0.2, 0.25) is 0 Å². The van der Waals surface area contributed by atoms with Crippen molar-refractivity contribution in [2.24, 2.45) is 0 Å². The van der Waals surface area contributed by atoms with Crippen molar-refractivity contribution in [3.8, 4) is 0 Å². The minimum Gasteiger partial charge on any atom is -0.448 e. The maximum absolute atomic E-state index is 5.68. The smallest absolute Gasteiger partial charge is 0.193 e. The maximum atomic E-state index is 5.68. The molecule has 16 heavy (non-hydrogen) atoms. The Hall–Kier alpha value is -1.42. The second-order valence-corrected chi connectivity index (χ2v) is 3.96. The summed E-state index contributed by atoms with van der Waals surface area (Å²) in [4.78, 5) is 0. The summed E-state index contributed by atoms with van der Waals surface area (Å²) in [6.45, 7) is 4.72. The third-order valence-electron chi connectivity index (χ3n) is 2.52. The molecule has 0 aliphatic heterocycles. The van der Waals surface area contributed by atoms with Gasteiger partial charge in [-0.25, -0.2) is 0 Å². The van der Waals surface area contributed by atoms with Gasteiger partial charge in [0.1, 0.15) is 5.76 Å². The molecular weight excluding hydrogens is 226 g/mol. The number of aromatic nitrogens is 2. The maximum Gasteiger partial charge on any atom is 0.193 e. The van der Waals surface area contributed by atoms with Crippen molar-refractivity contribution in [1.29, 1.82) is 0 Å². The van der Waals surface area contributed by atoms with Crippen LogP contribution in [0.15, 0.2) is 16.5 Å². The first-order valence-corrected chi connectivity index (χ1v) is 5.60. The molecule has 0 spiro atoms. The van der Waals surface area contributed by atoms with Crippen LogP contribution in [0.5, 0.6) is 0 Å². The summed E-state index contributed by atoms with van der Waals surface area (Å²) >= 11 is 5.68. The Kier molecular flexibility index (Phi) is 3.19. The first-order valence-electron chi connectivity index (χ1n) is 5.22. The molecule has 2 rings (SSSR count). The zero-order valence-corrected chi connectivity index (χ0v) is 10.1. The van der Waals surface area contributed by atoms with E-state index in [1.165, 1.54) is 0 Å². The second kappa shape index (κ2) is 4.61. The Balaban J connectivity index is 2.02. The van der Waals surface area contributed by atoms with Crippen LogP contribution in [0.4, 0.5) is 5.82 Å². The molecule has 2 heterocycles. The Bertz CT molecular complexity index is 475. The predicted molar refractivity (Wildman–Crippen MR) is 63.7 cm³/mol. The molecule has 0 fully saturated rings. The summed E-state index contributed by atoms with van der Waals surface area (Å²) in [6.07, 6.45) is 0.951. The summed E-state index contributed by atoms with van der Waals surface area (Å²) < 4.78 is 5.24. The number of hydrogen-bond donors (Lipinski definition) is 2. The Morgan fingerprint density at radius 2 is 2.31 bits per heavy atom. The van der Waals surface area contributed by atoms with E-state index in [2.05, 4.69) is 22.4 Å². The molecule has 86 valence electrons. The lowest BCUT2D eigenvalue weighted by molar-refractivity contribution is 0.519.